The Kier molecular flexibility index (Phi) is 10.1. The second-order valence-electron chi connectivity index (χ2n) is 11.2. The van der Waals surface area contributed by atoms with E-state index in [4.69, 9.17) is 0 Å². The molecule has 1 heterocycles. The van der Waals surface area contributed by atoms with E-state index in [9.17, 15) is 37.6 Å². The molecular weight excluding hydrogens is 467 g/mol. The average molecular weight is 504 g/mol. The molecule has 4 N–H and O–H groups in total. The van der Waals surface area contributed by atoms with Crippen LogP contribution in [0.3, 0.4) is 0 Å². The fraction of sp³-hybridized carbons (Fsp3) is 0.783. The first-order valence-electron chi connectivity index (χ1n) is 11.5. The van der Waals surface area contributed by atoms with Crippen molar-refractivity contribution in [3.8, 4) is 6.07 Å². The van der Waals surface area contributed by atoms with Crippen molar-refractivity contribution in [2.45, 2.75) is 91.5 Å². The van der Waals surface area contributed by atoms with Gasteiger partial charge in [0.2, 0.25) is 17.7 Å². The number of nitriles is 1. The lowest BCUT2D eigenvalue weighted by Crippen LogP contribution is -2.60. The van der Waals surface area contributed by atoms with Gasteiger partial charge in [-0.1, -0.05) is 41.5 Å². The zero-order valence-electron chi connectivity index (χ0n) is 21.1. The highest BCUT2D eigenvalue weighted by molar-refractivity contribution is 5.93. The maximum Gasteiger partial charge on any atom is 0.471 e. The van der Waals surface area contributed by atoms with Crippen molar-refractivity contribution in [2.24, 2.45) is 16.7 Å². The van der Waals surface area contributed by atoms with Crippen molar-refractivity contribution in [1.29, 1.82) is 5.26 Å². The summed E-state index contributed by atoms with van der Waals surface area (Å²) in [6.45, 7) is 10.4. The number of nitrogens with zero attached hydrogens (tertiary/aromatic N) is 1. The third-order valence-electron chi connectivity index (χ3n) is 5.50. The molecule has 35 heavy (non-hydrogen) atoms. The quantitative estimate of drug-likeness (QED) is 0.401. The van der Waals surface area contributed by atoms with Gasteiger partial charge in [-0.3, -0.25) is 19.2 Å². The molecule has 1 aliphatic rings. The maximum atomic E-state index is 13.1. The number of hydrogen-bond acceptors (Lipinski definition) is 5. The van der Waals surface area contributed by atoms with Crippen LogP contribution in [0.25, 0.3) is 0 Å². The van der Waals surface area contributed by atoms with Crippen LogP contribution in [-0.2, 0) is 19.2 Å². The molecule has 4 atom stereocenters. The molecule has 0 radical (unpaired) electrons. The monoisotopic (exact) mass is 503 g/mol. The van der Waals surface area contributed by atoms with E-state index in [0.29, 0.717) is 13.0 Å². The molecule has 1 saturated heterocycles. The molecule has 0 saturated carbocycles. The molecule has 0 aromatic heterocycles. The SMILES string of the molecule is CC(C)(C)CC(NC(=O)C(NC(=O)C(F)(F)F)C(C)(C)C)C(=O)N[C@H](C#N)CC1CCCNC1=O. The largest absolute Gasteiger partial charge is 0.471 e. The Morgan fingerprint density at radius 2 is 1.66 bits per heavy atom. The van der Waals surface area contributed by atoms with Crippen LogP contribution in [0.15, 0.2) is 0 Å². The van der Waals surface area contributed by atoms with E-state index >= 15 is 0 Å². The molecule has 0 bridgehead atoms. The number of nitrogens with one attached hydrogen (secondary N) is 4. The van der Waals surface area contributed by atoms with Gasteiger partial charge in [0, 0.05) is 12.5 Å². The Bertz CT molecular complexity index is 840. The molecule has 0 aromatic carbocycles. The van der Waals surface area contributed by atoms with Gasteiger partial charge in [0.05, 0.1) is 6.07 Å². The average Bonchev–Trinajstić information content (AvgIpc) is 2.69. The highest BCUT2D eigenvalue weighted by Crippen LogP contribution is 2.25. The summed E-state index contributed by atoms with van der Waals surface area (Å²) in [5, 5.41) is 18.9. The Hall–Kier alpha value is -2.84. The molecule has 3 unspecified atom stereocenters. The Labute approximate surface area is 203 Å². The number of piperidine rings is 1. The molecule has 0 aromatic rings. The van der Waals surface area contributed by atoms with E-state index in [1.165, 1.54) is 20.8 Å². The molecule has 198 valence electrons. The van der Waals surface area contributed by atoms with Crippen LogP contribution in [0.5, 0.6) is 0 Å². The molecule has 1 fully saturated rings. The minimum absolute atomic E-state index is 0.0938. The Morgan fingerprint density at radius 1 is 1.06 bits per heavy atom. The van der Waals surface area contributed by atoms with Gasteiger partial charge in [-0.05, 0) is 36.5 Å². The lowest BCUT2D eigenvalue weighted by molar-refractivity contribution is -0.175. The predicted octanol–water partition coefficient (Wildman–Crippen LogP) is 1.93. The lowest BCUT2D eigenvalue weighted by atomic mass is 9.84. The van der Waals surface area contributed by atoms with Gasteiger partial charge in [0.25, 0.3) is 0 Å². The third kappa shape index (κ3) is 10.1. The summed E-state index contributed by atoms with van der Waals surface area (Å²) >= 11 is 0. The topological polar surface area (TPSA) is 140 Å². The van der Waals surface area contributed by atoms with Gasteiger partial charge >= 0.3 is 12.1 Å². The standard InChI is InChI=1S/C23H36F3N5O4/c1-21(2,3)11-15(18(33)29-14(12-27)10-13-8-7-9-28-17(13)32)30-19(34)16(22(4,5)6)31-20(35)23(24,25)26/h13-16H,7-11H2,1-6H3,(H,28,32)(H,29,33)(H,30,34)(H,31,35)/t13?,14-,15?,16?/m0/s1. The molecule has 0 spiro atoms. The van der Waals surface area contributed by atoms with Crippen LogP contribution in [0.2, 0.25) is 0 Å². The Morgan fingerprint density at radius 3 is 2.11 bits per heavy atom. The van der Waals surface area contributed by atoms with E-state index in [1.54, 1.807) is 26.1 Å². The van der Waals surface area contributed by atoms with Crippen LogP contribution in [0.1, 0.15) is 67.2 Å². The van der Waals surface area contributed by atoms with Crippen molar-refractivity contribution >= 4 is 23.6 Å². The molecular formula is C23H36F3N5O4. The fourth-order valence-corrected chi connectivity index (χ4v) is 3.73. The molecule has 0 aliphatic carbocycles. The first-order valence-corrected chi connectivity index (χ1v) is 11.5. The predicted molar refractivity (Wildman–Crippen MR) is 121 cm³/mol. The summed E-state index contributed by atoms with van der Waals surface area (Å²) in [6.07, 6.45) is -3.65. The fourth-order valence-electron chi connectivity index (χ4n) is 3.73. The number of rotatable bonds is 8. The molecule has 9 nitrogen and oxygen atoms in total. The second-order valence-corrected chi connectivity index (χ2v) is 11.2. The maximum absolute atomic E-state index is 13.1. The van der Waals surface area contributed by atoms with Gasteiger partial charge in [-0.25, -0.2) is 0 Å². The molecule has 4 amide bonds. The summed E-state index contributed by atoms with van der Waals surface area (Å²) in [6, 6.07) is -1.81. The summed E-state index contributed by atoms with van der Waals surface area (Å²) in [5.74, 6) is -4.56. The minimum Gasteiger partial charge on any atom is -0.356 e. The van der Waals surface area contributed by atoms with Gasteiger partial charge < -0.3 is 21.3 Å². The first-order chi connectivity index (χ1) is 15.8. The number of alkyl halides is 3. The van der Waals surface area contributed by atoms with Gasteiger partial charge in [0.1, 0.15) is 18.1 Å². The van der Waals surface area contributed by atoms with E-state index < -0.39 is 58.8 Å². The number of amides is 4. The first kappa shape index (κ1) is 30.2. The van der Waals surface area contributed by atoms with Crippen molar-refractivity contribution in [2.75, 3.05) is 6.54 Å². The molecule has 12 heteroatoms. The Balaban J connectivity index is 3.05. The number of halogens is 3. The van der Waals surface area contributed by atoms with Crippen molar-refractivity contribution in [3.05, 3.63) is 0 Å². The smallest absolute Gasteiger partial charge is 0.356 e. The van der Waals surface area contributed by atoms with E-state index in [1.807, 2.05) is 6.07 Å². The van der Waals surface area contributed by atoms with Crippen molar-refractivity contribution < 1.29 is 32.3 Å². The van der Waals surface area contributed by atoms with Crippen LogP contribution in [-0.4, -0.2) is 54.5 Å². The molecule has 1 aliphatic heterocycles. The van der Waals surface area contributed by atoms with Crippen LogP contribution in [0.4, 0.5) is 13.2 Å². The minimum atomic E-state index is -5.18. The highest BCUT2D eigenvalue weighted by atomic mass is 19.4. The van der Waals surface area contributed by atoms with Gasteiger partial charge in [-0.15, -0.1) is 0 Å². The van der Waals surface area contributed by atoms with E-state index in [-0.39, 0.29) is 18.7 Å². The second kappa shape index (κ2) is 11.7. The van der Waals surface area contributed by atoms with Gasteiger partial charge in [0.15, 0.2) is 0 Å². The van der Waals surface area contributed by atoms with Crippen molar-refractivity contribution in [3.63, 3.8) is 0 Å². The van der Waals surface area contributed by atoms with Crippen molar-refractivity contribution in [1.82, 2.24) is 21.3 Å². The zero-order chi connectivity index (χ0) is 27.2. The summed E-state index contributed by atoms with van der Waals surface area (Å²) in [4.78, 5) is 49.6. The van der Waals surface area contributed by atoms with Crippen LogP contribution < -0.4 is 21.3 Å². The summed E-state index contributed by atoms with van der Waals surface area (Å²) in [7, 11) is 0. The van der Waals surface area contributed by atoms with Crippen LogP contribution in [0, 0.1) is 28.1 Å². The summed E-state index contributed by atoms with van der Waals surface area (Å²) < 4.78 is 38.4. The van der Waals surface area contributed by atoms with Gasteiger partial charge in [-0.2, -0.15) is 18.4 Å². The number of carbonyl (C=O) groups excluding carboxylic acids is 4. The zero-order valence-corrected chi connectivity index (χ0v) is 21.1. The molecule has 1 rings (SSSR count). The highest BCUT2D eigenvalue weighted by Gasteiger charge is 2.44. The number of carbonyl (C=O) groups is 4. The van der Waals surface area contributed by atoms with E-state index in [0.717, 1.165) is 6.42 Å². The third-order valence-corrected chi connectivity index (χ3v) is 5.50. The van der Waals surface area contributed by atoms with E-state index in [2.05, 4.69) is 16.0 Å². The normalized spacial score (nSPS) is 19.4. The number of hydrogen-bond donors (Lipinski definition) is 4. The van der Waals surface area contributed by atoms with Crippen LogP contribution >= 0.6 is 0 Å². The lowest BCUT2D eigenvalue weighted by Gasteiger charge is -2.33. The summed E-state index contributed by atoms with van der Waals surface area (Å²) in [5.41, 5.74) is -1.58.